The molecule has 2 amide bonds. The molecule has 124 valence electrons. The van der Waals surface area contributed by atoms with Crippen LogP contribution in [-0.4, -0.2) is 53.5 Å². The fourth-order valence-corrected chi connectivity index (χ4v) is 4.00. The van der Waals surface area contributed by atoms with Crippen molar-refractivity contribution in [2.45, 2.75) is 31.3 Å². The lowest BCUT2D eigenvalue weighted by molar-refractivity contribution is -0.122. The zero-order valence-corrected chi connectivity index (χ0v) is 13.8. The highest BCUT2D eigenvalue weighted by Gasteiger charge is 2.51. The van der Waals surface area contributed by atoms with Crippen molar-refractivity contribution in [2.75, 3.05) is 26.2 Å². The molecule has 1 saturated carbocycles. The third-order valence-electron chi connectivity index (χ3n) is 4.94. The molecular weight excluding hydrogens is 314 g/mol. The summed E-state index contributed by atoms with van der Waals surface area (Å²) < 4.78 is 5.93. The molecule has 6 nitrogen and oxygen atoms in total. The van der Waals surface area contributed by atoms with E-state index in [4.69, 9.17) is 4.74 Å². The summed E-state index contributed by atoms with van der Waals surface area (Å²) in [6.07, 6.45) is 3.90. The number of aromatic nitrogens is 1. The van der Waals surface area contributed by atoms with Crippen LogP contribution in [-0.2, 0) is 9.53 Å². The Morgan fingerprint density at radius 2 is 2.22 bits per heavy atom. The van der Waals surface area contributed by atoms with E-state index in [1.165, 1.54) is 24.2 Å². The Hall–Kier alpha value is -1.47. The molecule has 2 aliphatic heterocycles. The van der Waals surface area contributed by atoms with Gasteiger partial charge in [-0.2, -0.15) is 0 Å². The molecule has 1 spiro atoms. The van der Waals surface area contributed by atoms with E-state index in [2.05, 4.69) is 10.3 Å². The van der Waals surface area contributed by atoms with Crippen LogP contribution >= 0.6 is 11.3 Å². The molecule has 0 bridgehead atoms. The van der Waals surface area contributed by atoms with Crippen molar-refractivity contribution in [3.63, 3.8) is 0 Å². The average molecular weight is 335 g/mol. The van der Waals surface area contributed by atoms with E-state index in [1.807, 2.05) is 0 Å². The monoisotopic (exact) mass is 335 g/mol. The summed E-state index contributed by atoms with van der Waals surface area (Å²) in [4.78, 5) is 30.0. The molecular formula is C16H21N3O3S. The quantitative estimate of drug-likeness (QED) is 0.880. The van der Waals surface area contributed by atoms with Crippen LogP contribution < -0.4 is 5.32 Å². The molecule has 3 fully saturated rings. The predicted octanol–water partition coefficient (Wildman–Crippen LogP) is 1.29. The maximum atomic E-state index is 12.2. The van der Waals surface area contributed by atoms with E-state index >= 15 is 0 Å². The second kappa shape index (κ2) is 5.87. The summed E-state index contributed by atoms with van der Waals surface area (Å²) >= 11 is 1.43. The summed E-state index contributed by atoms with van der Waals surface area (Å²) in [6.45, 7) is 2.68. The molecule has 1 unspecified atom stereocenters. The summed E-state index contributed by atoms with van der Waals surface area (Å²) in [5.41, 5.74) is 1.96. The van der Waals surface area contributed by atoms with Gasteiger partial charge in [-0.3, -0.25) is 9.59 Å². The van der Waals surface area contributed by atoms with Crippen molar-refractivity contribution in [1.29, 1.82) is 0 Å². The number of likely N-dealkylation sites (tertiary alicyclic amines) is 1. The largest absolute Gasteiger partial charge is 0.371 e. The van der Waals surface area contributed by atoms with Gasteiger partial charge in [0.05, 0.1) is 25.2 Å². The SMILES string of the molecule is O=C(CC1COC2(C1)CN(C(=O)c1cscn1)C2)NCC1CC1. The Bertz CT molecular complexity index is 594. The third-order valence-corrected chi connectivity index (χ3v) is 5.53. The van der Waals surface area contributed by atoms with Crippen molar-refractivity contribution in [3.8, 4) is 0 Å². The Balaban J connectivity index is 1.23. The number of carbonyl (C=O) groups is 2. The van der Waals surface area contributed by atoms with E-state index < -0.39 is 0 Å². The van der Waals surface area contributed by atoms with Crippen molar-refractivity contribution >= 4 is 23.2 Å². The van der Waals surface area contributed by atoms with Gasteiger partial charge in [0.15, 0.2) is 0 Å². The zero-order valence-electron chi connectivity index (χ0n) is 13.0. The van der Waals surface area contributed by atoms with Gasteiger partial charge in [0, 0.05) is 18.3 Å². The Morgan fingerprint density at radius 3 is 2.91 bits per heavy atom. The van der Waals surface area contributed by atoms with Crippen LogP contribution in [0.4, 0.5) is 0 Å². The number of nitrogens with zero attached hydrogens (tertiary/aromatic N) is 2. The summed E-state index contributed by atoms with van der Waals surface area (Å²) in [7, 11) is 0. The Kier molecular flexibility index (Phi) is 3.85. The number of hydrogen-bond acceptors (Lipinski definition) is 5. The number of hydrogen-bond donors (Lipinski definition) is 1. The average Bonchev–Trinajstić information content (AvgIpc) is 3.00. The molecule has 1 aromatic rings. The molecule has 1 atom stereocenters. The fraction of sp³-hybridized carbons (Fsp3) is 0.688. The first-order valence-electron chi connectivity index (χ1n) is 8.22. The van der Waals surface area contributed by atoms with Crippen molar-refractivity contribution < 1.29 is 14.3 Å². The van der Waals surface area contributed by atoms with Crippen LogP contribution in [0.15, 0.2) is 10.9 Å². The highest BCUT2D eigenvalue weighted by atomic mass is 32.1. The maximum absolute atomic E-state index is 12.2. The lowest BCUT2D eigenvalue weighted by Gasteiger charge is -2.46. The third kappa shape index (κ3) is 3.26. The number of nitrogens with one attached hydrogen (secondary N) is 1. The van der Waals surface area contributed by atoms with E-state index in [1.54, 1.807) is 15.8 Å². The Morgan fingerprint density at radius 1 is 1.39 bits per heavy atom. The van der Waals surface area contributed by atoms with Crippen LogP contribution in [0.5, 0.6) is 0 Å². The number of carbonyl (C=O) groups excluding carboxylic acids is 2. The minimum atomic E-state index is -0.229. The van der Waals surface area contributed by atoms with E-state index in [0.29, 0.717) is 37.7 Å². The lowest BCUT2D eigenvalue weighted by Crippen LogP contribution is -2.63. The number of amides is 2. The van der Waals surface area contributed by atoms with Crippen LogP contribution in [0.3, 0.4) is 0 Å². The van der Waals surface area contributed by atoms with Gasteiger partial charge in [0.25, 0.3) is 5.91 Å². The molecule has 1 aromatic heterocycles. The highest BCUT2D eigenvalue weighted by molar-refractivity contribution is 7.07. The van der Waals surface area contributed by atoms with Crippen LogP contribution in [0.1, 0.15) is 36.2 Å². The van der Waals surface area contributed by atoms with Crippen molar-refractivity contribution in [1.82, 2.24) is 15.2 Å². The van der Waals surface area contributed by atoms with E-state index in [-0.39, 0.29) is 23.3 Å². The zero-order chi connectivity index (χ0) is 15.9. The minimum Gasteiger partial charge on any atom is -0.371 e. The van der Waals surface area contributed by atoms with Gasteiger partial charge in [-0.15, -0.1) is 11.3 Å². The molecule has 4 rings (SSSR count). The summed E-state index contributed by atoms with van der Waals surface area (Å²) in [5, 5.41) is 4.79. The molecule has 3 heterocycles. The van der Waals surface area contributed by atoms with E-state index in [9.17, 15) is 9.59 Å². The first-order valence-corrected chi connectivity index (χ1v) is 9.16. The summed E-state index contributed by atoms with van der Waals surface area (Å²) in [5.74, 6) is 1.09. The number of ether oxygens (including phenoxy) is 1. The number of thiazole rings is 1. The molecule has 1 aliphatic carbocycles. The van der Waals surface area contributed by atoms with Crippen LogP contribution in [0, 0.1) is 11.8 Å². The molecule has 0 radical (unpaired) electrons. The minimum absolute atomic E-state index is 0.0221. The second-order valence-electron chi connectivity index (χ2n) is 7.05. The smallest absolute Gasteiger partial charge is 0.273 e. The second-order valence-corrected chi connectivity index (χ2v) is 7.77. The van der Waals surface area contributed by atoms with Gasteiger partial charge in [-0.05, 0) is 31.1 Å². The molecule has 7 heteroatoms. The predicted molar refractivity (Wildman–Crippen MR) is 85.2 cm³/mol. The van der Waals surface area contributed by atoms with Gasteiger partial charge in [0.1, 0.15) is 11.3 Å². The van der Waals surface area contributed by atoms with Gasteiger partial charge in [-0.1, -0.05) is 0 Å². The van der Waals surface area contributed by atoms with Gasteiger partial charge in [0.2, 0.25) is 5.91 Å². The number of rotatable bonds is 5. The molecule has 1 N–H and O–H groups in total. The highest BCUT2D eigenvalue weighted by Crippen LogP contribution is 2.39. The van der Waals surface area contributed by atoms with Gasteiger partial charge < -0.3 is 15.0 Å². The molecule has 0 aromatic carbocycles. The lowest BCUT2D eigenvalue weighted by atomic mass is 9.85. The van der Waals surface area contributed by atoms with Crippen molar-refractivity contribution in [2.24, 2.45) is 11.8 Å². The van der Waals surface area contributed by atoms with Gasteiger partial charge >= 0.3 is 0 Å². The topological polar surface area (TPSA) is 71.5 Å². The van der Waals surface area contributed by atoms with Crippen LogP contribution in [0.25, 0.3) is 0 Å². The van der Waals surface area contributed by atoms with Crippen molar-refractivity contribution in [3.05, 3.63) is 16.6 Å². The summed E-state index contributed by atoms with van der Waals surface area (Å²) in [6, 6.07) is 0. The molecule has 23 heavy (non-hydrogen) atoms. The Labute approximate surface area is 139 Å². The standard InChI is InChI=1S/C16H21N3O3S/c20-14(17-5-11-1-2-11)3-12-4-16(22-6-12)8-19(9-16)15(21)13-7-23-10-18-13/h7,10-12H,1-6,8-9H2,(H,17,20). The normalized spacial score (nSPS) is 25.4. The first kappa shape index (κ1) is 15.1. The van der Waals surface area contributed by atoms with Gasteiger partial charge in [-0.25, -0.2) is 4.98 Å². The first-order chi connectivity index (χ1) is 11.1. The molecule has 2 saturated heterocycles. The van der Waals surface area contributed by atoms with E-state index in [0.717, 1.165) is 13.0 Å². The molecule has 3 aliphatic rings. The van der Waals surface area contributed by atoms with Crippen LogP contribution in [0.2, 0.25) is 0 Å². The maximum Gasteiger partial charge on any atom is 0.273 e. The fourth-order valence-electron chi connectivity index (χ4n) is 3.48.